The van der Waals surface area contributed by atoms with E-state index in [9.17, 15) is 9.18 Å². The lowest BCUT2D eigenvalue weighted by Gasteiger charge is -2.35. The molecule has 3 heterocycles. The second-order valence-corrected chi connectivity index (χ2v) is 6.56. The Morgan fingerprint density at radius 2 is 2.04 bits per heavy atom. The molecular weight excluding hydrogens is 311 g/mol. The molecule has 0 N–H and O–H groups in total. The second-order valence-electron chi connectivity index (χ2n) is 6.56. The normalized spacial score (nSPS) is 22.5. The van der Waals surface area contributed by atoms with E-state index in [0.29, 0.717) is 18.1 Å². The highest BCUT2D eigenvalue weighted by Gasteiger charge is 2.37. The maximum atomic E-state index is 13.8. The van der Waals surface area contributed by atoms with Crippen molar-refractivity contribution in [2.75, 3.05) is 44.7 Å². The third-order valence-corrected chi connectivity index (χ3v) is 4.96. The molecule has 1 unspecified atom stereocenters. The molecule has 0 bridgehead atoms. The Kier molecular flexibility index (Phi) is 3.88. The Morgan fingerprint density at radius 3 is 2.79 bits per heavy atom. The predicted octanol–water partition coefficient (Wildman–Crippen LogP) is 1.71. The van der Waals surface area contributed by atoms with Gasteiger partial charge >= 0.3 is 0 Å². The number of carbonyl (C=O) groups excluding carboxylic acids is 1. The Hall–Kier alpha value is -2.15. The summed E-state index contributed by atoms with van der Waals surface area (Å²) < 4.78 is 19.6. The van der Waals surface area contributed by atoms with Crippen LogP contribution in [-0.4, -0.2) is 66.5 Å². The number of hydrogen-bond donors (Lipinski definition) is 0. The van der Waals surface area contributed by atoms with Crippen LogP contribution >= 0.6 is 0 Å². The lowest BCUT2D eigenvalue weighted by molar-refractivity contribution is -0.134. The van der Waals surface area contributed by atoms with E-state index in [1.54, 1.807) is 12.1 Å². The molecule has 1 amide bonds. The van der Waals surface area contributed by atoms with E-state index in [2.05, 4.69) is 16.9 Å². The number of aromatic nitrogens is 1. The second kappa shape index (κ2) is 6.05. The lowest BCUT2D eigenvalue weighted by Crippen LogP contribution is -2.53. The number of halogens is 1. The van der Waals surface area contributed by atoms with E-state index in [1.165, 1.54) is 6.07 Å². The van der Waals surface area contributed by atoms with Crippen molar-refractivity contribution < 1.29 is 13.6 Å². The molecule has 24 heavy (non-hydrogen) atoms. The van der Waals surface area contributed by atoms with Gasteiger partial charge in [0, 0.05) is 32.7 Å². The van der Waals surface area contributed by atoms with Gasteiger partial charge in [-0.25, -0.2) is 4.39 Å². The summed E-state index contributed by atoms with van der Waals surface area (Å²) in [5, 5.41) is 0. The average Bonchev–Trinajstić information content (AvgIpc) is 3.22. The number of anilines is 1. The topological polar surface area (TPSA) is 52.8 Å². The Bertz CT molecular complexity index is 754. The van der Waals surface area contributed by atoms with Crippen LogP contribution in [0, 0.1) is 5.82 Å². The summed E-state index contributed by atoms with van der Waals surface area (Å²) in [6.07, 6.45) is 1.69. The van der Waals surface area contributed by atoms with E-state index in [1.807, 2.05) is 9.80 Å². The molecule has 128 valence electrons. The third-order valence-electron chi connectivity index (χ3n) is 4.96. The van der Waals surface area contributed by atoms with Gasteiger partial charge in [-0.15, -0.1) is 0 Å². The van der Waals surface area contributed by atoms with Crippen LogP contribution in [0.2, 0.25) is 0 Å². The third kappa shape index (κ3) is 2.62. The molecule has 0 spiro atoms. The van der Waals surface area contributed by atoms with Gasteiger partial charge in [0.1, 0.15) is 11.6 Å². The molecule has 2 saturated heterocycles. The highest BCUT2D eigenvalue weighted by Crippen LogP contribution is 2.30. The molecule has 7 heteroatoms. The fraction of sp³-hybridized carbons (Fsp3) is 0.529. The first kappa shape index (κ1) is 15.4. The van der Waals surface area contributed by atoms with Crippen LogP contribution in [0.5, 0.6) is 0 Å². The van der Waals surface area contributed by atoms with E-state index in [4.69, 9.17) is 4.42 Å². The molecule has 0 aliphatic carbocycles. The van der Waals surface area contributed by atoms with Gasteiger partial charge in [-0.05, 0) is 32.0 Å². The van der Waals surface area contributed by atoms with Gasteiger partial charge in [0.25, 0.3) is 6.01 Å². The van der Waals surface area contributed by atoms with Crippen LogP contribution in [0.15, 0.2) is 22.6 Å². The molecular formula is C17H21FN4O2. The number of nitrogens with zero attached hydrogens (tertiary/aromatic N) is 4. The minimum Gasteiger partial charge on any atom is -0.423 e. The first-order chi connectivity index (χ1) is 11.6. The van der Waals surface area contributed by atoms with Crippen LogP contribution in [0.1, 0.15) is 12.8 Å². The van der Waals surface area contributed by atoms with Gasteiger partial charge in [0.05, 0.1) is 0 Å². The standard InChI is InChI=1S/C17H21FN4O2/c1-20-8-10-21(11-9-20)16(23)13-5-3-7-22(13)17-19-15-12(18)4-2-6-14(15)24-17/h2,4,6,13H,3,5,7-11H2,1H3. The number of likely N-dealkylation sites (N-methyl/N-ethyl adjacent to an activating group) is 1. The number of oxazole rings is 1. The van der Waals surface area contributed by atoms with Gasteiger partial charge in [-0.2, -0.15) is 4.98 Å². The maximum Gasteiger partial charge on any atom is 0.299 e. The number of carbonyl (C=O) groups is 1. The number of rotatable bonds is 2. The fourth-order valence-electron chi connectivity index (χ4n) is 3.52. The summed E-state index contributed by atoms with van der Waals surface area (Å²) in [4.78, 5) is 23.2. The molecule has 1 aromatic heterocycles. The number of benzene rings is 1. The molecule has 0 radical (unpaired) electrons. The van der Waals surface area contributed by atoms with Crippen molar-refractivity contribution in [1.29, 1.82) is 0 Å². The SMILES string of the molecule is CN1CCN(C(=O)C2CCCN2c2nc3c(F)cccc3o2)CC1. The van der Waals surface area contributed by atoms with Crippen LogP contribution < -0.4 is 4.90 Å². The predicted molar refractivity (Wildman–Crippen MR) is 88.4 cm³/mol. The zero-order valence-electron chi connectivity index (χ0n) is 13.7. The van der Waals surface area contributed by atoms with Gasteiger partial charge in [-0.1, -0.05) is 6.07 Å². The van der Waals surface area contributed by atoms with Crippen LogP contribution in [0.25, 0.3) is 11.1 Å². The smallest absolute Gasteiger partial charge is 0.299 e. The molecule has 1 atom stereocenters. The van der Waals surface area contributed by atoms with Crippen molar-refractivity contribution in [3.63, 3.8) is 0 Å². The fourth-order valence-corrected chi connectivity index (χ4v) is 3.52. The summed E-state index contributed by atoms with van der Waals surface area (Å²) in [6, 6.07) is 4.75. The molecule has 2 aromatic rings. The van der Waals surface area contributed by atoms with Gasteiger partial charge in [-0.3, -0.25) is 4.79 Å². The van der Waals surface area contributed by atoms with Gasteiger partial charge in [0.15, 0.2) is 11.4 Å². The zero-order valence-corrected chi connectivity index (χ0v) is 13.7. The highest BCUT2D eigenvalue weighted by atomic mass is 19.1. The molecule has 6 nitrogen and oxygen atoms in total. The minimum absolute atomic E-state index is 0.128. The summed E-state index contributed by atoms with van der Waals surface area (Å²) in [7, 11) is 2.07. The monoisotopic (exact) mass is 332 g/mol. The van der Waals surface area contributed by atoms with Crippen LogP contribution in [0.4, 0.5) is 10.4 Å². The number of para-hydroxylation sites is 1. The Morgan fingerprint density at radius 1 is 1.25 bits per heavy atom. The largest absolute Gasteiger partial charge is 0.423 e. The van der Waals surface area contributed by atoms with Crippen molar-refractivity contribution in [2.24, 2.45) is 0 Å². The quantitative estimate of drug-likeness (QED) is 0.838. The summed E-state index contributed by atoms with van der Waals surface area (Å²) in [5.41, 5.74) is 0.646. The maximum absolute atomic E-state index is 13.8. The zero-order chi connectivity index (χ0) is 16.7. The summed E-state index contributed by atoms with van der Waals surface area (Å²) >= 11 is 0. The van der Waals surface area contributed by atoms with Gasteiger partial charge in [0.2, 0.25) is 5.91 Å². The lowest BCUT2D eigenvalue weighted by atomic mass is 10.1. The molecule has 2 aliphatic rings. The van der Waals surface area contributed by atoms with Crippen molar-refractivity contribution in [3.05, 3.63) is 24.0 Å². The average molecular weight is 332 g/mol. The number of piperazine rings is 1. The summed E-state index contributed by atoms with van der Waals surface area (Å²) in [5.74, 6) is -0.271. The Balaban J connectivity index is 1.57. The molecule has 2 fully saturated rings. The number of hydrogen-bond acceptors (Lipinski definition) is 5. The van der Waals surface area contributed by atoms with Crippen molar-refractivity contribution in [3.8, 4) is 0 Å². The molecule has 0 saturated carbocycles. The first-order valence-electron chi connectivity index (χ1n) is 8.42. The highest BCUT2D eigenvalue weighted by molar-refractivity contribution is 5.86. The van der Waals surface area contributed by atoms with Crippen molar-refractivity contribution >= 4 is 23.0 Å². The van der Waals surface area contributed by atoms with Crippen molar-refractivity contribution in [2.45, 2.75) is 18.9 Å². The number of fused-ring (bicyclic) bond motifs is 1. The first-order valence-corrected chi connectivity index (χ1v) is 8.42. The molecule has 1 aromatic carbocycles. The Labute approximate surface area is 139 Å². The number of amides is 1. The molecule has 4 rings (SSSR count). The van der Waals surface area contributed by atoms with E-state index in [0.717, 1.165) is 39.0 Å². The van der Waals surface area contributed by atoms with E-state index < -0.39 is 5.82 Å². The van der Waals surface area contributed by atoms with E-state index >= 15 is 0 Å². The van der Waals surface area contributed by atoms with Crippen LogP contribution in [-0.2, 0) is 4.79 Å². The van der Waals surface area contributed by atoms with Crippen molar-refractivity contribution in [1.82, 2.24) is 14.8 Å². The summed E-state index contributed by atoms with van der Waals surface area (Å²) in [6.45, 7) is 4.00. The minimum atomic E-state index is -0.399. The molecule has 2 aliphatic heterocycles. The van der Waals surface area contributed by atoms with Gasteiger partial charge < -0.3 is 19.1 Å². The van der Waals surface area contributed by atoms with E-state index in [-0.39, 0.29) is 17.5 Å². The van der Waals surface area contributed by atoms with Crippen LogP contribution in [0.3, 0.4) is 0 Å².